The first-order valence-corrected chi connectivity index (χ1v) is 10.4. The second-order valence-electron chi connectivity index (χ2n) is 7.40. The van der Waals surface area contributed by atoms with E-state index in [1.165, 1.54) is 17.3 Å². The summed E-state index contributed by atoms with van der Waals surface area (Å²) in [5, 5.41) is 5.70. The van der Waals surface area contributed by atoms with Crippen molar-refractivity contribution in [2.75, 3.05) is 23.3 Å². The van der Waals surface area contributed by atoms with Gasteiger partial charge < -0.3 is 20.0 Å². The molecule has 0 atom stereocenters. The molecule has 2 N–H and O–H groups in total. The zero-order valence-corrected chi connectivity index (χ0v) is 17.2. The number of hydrogen-bond acceptors (Lipinski definition) is 4. The number of carbonyl (C=O) groups is 2. The Morgan fingerprint density at radius 3 is 2.74 bits per heavy atom. The molecule has 0 bridgehead atoms. The van der Waals surface area contributed by atoms with Gasteiger partial charge in [-0.3, -0.25) is 9.59 Å². The Bertz CT molecular complexity index is 1070. The minimum atomic E-state index is -0.266. The number of rotatable bonds is 8. The van der Waals surface area contributed by atoms with E-state index in [1.807, 2.05) is 24.3 Å². The molecule has 6 heteroatoms. The van der Waals surface area contributed by atoms with Crippen LogP contribution in [0.3, 0.4) is 0 Å². The predicted molar refractivity (Wildman–Crippen MR) is 122 cm³/mol. The molecule has 0 radical (unpaired) electrons. The number of para-hydroxylation sites is 2. The van der Waals surface area contributed by atoms with Crippen molar-refractivity contribution in [3.05, 3.63) is 89.9 Å². The van der Waals surface area contributed by atoms with Crippen LogP contribution in [0, 0.1) is 0 Å². The molecule has 2 heterocycles. The van der Waals surface area contributed by atoms with Gasteiger partial charge >= 0.3 is 0 Å². The maximum absolute atomic E-state index is 12.4. The van der Waals surface area contributed by atoms with E-state index in [9.17, 15) is 9.59 Å². The Balaban J connectivity index is 1.28. The lowest BCUT2D eigenvalue weighted by Crippen LogP contribution is -2.26. The van der Waals surface area contributed by atoms with Crippen LogP contribution in [-0.4, -0.2) is 24.9 Å². The lowest BCUT2D eigenvalue weighted by atomic mass is 10.1. The van der Waals surface area contributed by atoms with Crippen molar-refractivity contribution < 1.29 is 14.0 Å². The summed E-state index contributed by atoms with van der Waals surface area (Å²) in [5.74, 6) is 0.201. The third-order valence-electron chi connectivity index (χ3n) is 5.23. The number of nitrogens with one attached hydrogen (secondary N) is 2. The van der Waals surface area contributed by atoms with E-state index >= 15 is 0 Å². The average molecular weight is 415 g/mol. The van der Waals surface area contributed by atoms with Crippen LogP contribution in [0.2, 0.25) is 0 Å². The summed E-state index contributed by atoms with van der Waals surface area (Å²) in [5.41, 5.74) is 4.49. The summed E-state index contributed by atoms with van der Waals surface area (Å²) in [7, 11) is 0. The Morgan fingerprint density at radius 1 is 1.03 bits per heavy atom. The second-order valence-corrected chi connectivity index (χ2v) is 7.40. The molecule has 0 aliphatic carbocycles. The van der Waals surface area contributed by atoms with Gasteiger partial charge in [0.2, 0.25) is 11.8 Å². The average Bonchev–Trinajstić information content (AvgIpc) is 3.44. The first kappa shape index (κ1) is 20.5. The number of furan rings is 1. The molecule has 158 valence electrons. The van der Waals surface area contributed by atoms with Crippen molar-refractivity contribution in [2.45, 2.75) is 19.4 Å². The fourth-order valence-electron chi connectivity index (χ4n) is 3.67. The number of anilines is 2. The van der Waals surface area contributed by atoms with Gasteiger partial charge in [-0.15, -0.1) is 0 Å². The fraction of sp³-hybridized carbons (Fsp3) is 0.200. The largest absolute Gasteiger partial charge is 0.465 e. The predicted octanol–water partition coefficient (Wildman–Crippen LogP) is 4.00. The van der Waals surface area contributed by atoms with Gasteiger partial charge in [0.15, 0.2) is 0 Å². The van der Waals surface area contributed by atoms with Crippen LogP contribution in [0.1, 0.15) is 23.3 Å². The molecule has 6 nitrogen and oxygen atoms in total. The van der Waals surface area contributed by atoms with Gasteiger partial charge in [0.25, 0.3) is 0 Å². The fourth-order valence-corrected chi connectivity index (χ4v) is 3.67. The minimum Gasteiger partial charge on any atom is -0.465 e. The molecule has 1 aliphatic heterocycles. The maximum Gasteiger partial charge on any atom is 0.244 e. The highest BCUT2D eigenvalue weighted by molar-refractivity contribution is 5.93. The van der Waals surface area contributed by atoms with Crippen LogP contribution in [0.4, 0.5) is 11.4 Å². The molecule has 1 aliphatic rings. The number of nitrogens with zero attached hydrogens (tertiary/aromatic N) is 1. The highest BCUT2D eigenvalue weighted by Gasteiger charge is 2.19. The van der Waals surface area contributed by atoms with Crippen molar-refractivity contribution in [1.82, 2.24) is 5.32 Å². The zero-order chi connectivity index (χ0) is 21.5. The summed E-state index contributed by atoms with van der Waals surface area (Å²) in [6.45, 7) is 1.97. The van der Waals surface area contributed by atoms with Crippen molar-refractivity contribution in [2.24, 2.45) is 0 Å². The lowest BCUT2D eigenvalue weighted by molar-refractivity contribution is -0.117. The topological polar surface area (TPSA) is 74.6 Å². The van der Waals surface area contributed by atoms with Crippen LogP contribution in [0.15, 0.2) is 77.4 Å². The summed E-state index contributed by atoms with van der Waals surface area (Å²) in [6.07, 6.45) is 5.75. The van der Waals surface area contributed by atoms with E-state index in [0.717, 1.165) is 30.8 Å². The standard InChI is InChI=1S/C25H25N3O3/c29-24(12-11-21-8-5-17-31-21)26-15-13-25(30)27-22-9-3-1-7-20(22)18-28-16-14-19-6-2-4-10-23(19)28/h1-12,17H,13-16,18H2,(H,26,29)(H,27,30)/b12-11+. The van der Waals surface area contributed by atoms with Crippen LogP contribution in [-0.2, 0) is 22.6 Å². The van der Waals surface area contributed by atoms with Gasteiger partial charge in [-0.2, -0.15) is 0 Å². The third-order valence-corrected chi connectivity index (χ3v) is 5.23. The molecule has 2 amide bonds. The van der Waals surface area contributed by atoms with Crippen molar-refractivity contribution in [1.29, 1.82) is 0 Å². The summed E-state index contributed by atoms with van der Waals surface area (Å²) in [4.78, 5) is 26.6. The van der Waals surface area contributed by atoms with Crippen molar-refractivity contribution in [3.8, 4) is 0 Å². The van der Waals surface area contributed by atoms with E-state index in [4.69, 9.17) is 4.42 Å². The zero-order valence-electron chi connectivity index (χ0n) is 17.2. The molecule has 1 aromatic heterocycles. The van der Waals surface area contributed by atoms with Gasteiger partial charge in [-0.1, -0.05) is 36.4 Å². The molecule has 0 spiro atoms. The molecule has 0 saturated heterocycles. The van der Waals surface area contributed by atoms with E-state index in [0.29, 0.717) is 5.76 Å². The summed E-state index contributed by atoms with van der Waals surface area (Å²) >= 11 is 0. The molecule has 4 rings (SSSR count). The Hall–Kier alpha value is -3.80. The Kier molecular flexibility index (Phi) is 6.47. The number of amides is 2. The second kappa shape index (κ2) is 9.80. The molecular weight excluding hydrogens is 390 g/mol. The van der Waals surface area contributed by atoms with Gasteiger partial charge in [-0.05, 0) is 47.9 Å². The SMILES string of the molecule is O=C(/C=C/c1ccco1)NCCC(=O)Nc1ccccc1CN1CCc2ccccc21. The van der Waals surface area contributed by atoms with Crippen LogP contribution >= 0.6 is 0 Å². The van der Waals surface area contributed by atoms with Crippen LogP contribution in [0.5, 0.6) is 0 Å². The van der Waals surface area contributed by atoms with Crippen LogP contribution in [0.25, 0.3) is 6.08 Å². The molecule has 31 heavy (non-hydrogen) atoms. The molecule has 0 fully saturated rings. The Morgan fingerprint density at radius 2 is 1.87 bits per heavy atom. The highest BCUT2D eigenvalue weighted by atomic mass is 16.3. The smallest absolute Gasteiger partial charge is 0.244 e. The lowest BCUT2D eigenvalue weighted by Gasteiger charge is -2.21. The minimum absolute atomic E-state index is 0.135. The maximum atomic E-state index is 12.4. The molecule has 2 aromatic carbocycles. The van der Waals surface area contributed by atoms with Gasteiger partial charge in [0, 0.05) is 43.5 Å². The van der Waals surface area contributed by atoms with Crippen molar-refractivity contribution in [3.63, 3.8) is 0 Å². The van der Waals surface area contributed by atoms with Crippen molar-refractivity contribution >= 4 is 29.3 Å². The molecular formula is C25H25N3O3. The number of hydrogen-bond donors (Lipinski definition) is 2. The van der Waals surface area contributed by atoms with Gasteiger partial charge in [-0.25, -0.2) is 0 Å². The normalized spacial score (nSPS) is 12.7. The molecule has 0 unspecified atom stereocenters. The monoisotopic (exact) mass is 415 g/mol. The summed E-state index contributed by atoms with van der Waals surface area (Å²) < 4.78 is 5.14. The first-order chi connectivity index (χ1) is 15.2. The number of carbonyl (C=O) groups excluding carboxylic acids is 2. The number of fused-ring (bicyclic) bond motifs is 1. The highest BCUT2D eigenvalue weighted by Crippen LogP contribution is 2.30. The quantitative estimate of drug-likeness (QED) is 0.546. The third kappa shape index (κ3) is 5.42. The van der Waals surface area contributed by atoms with Gasteiger partial charge in [0.05, 0.1) is 6.26 Å². The van der Waals surface area contributed by atoms with Crippen LogP contribution < -0.4 is 15.5 Å². The molecule has 3 aromatic rings. The van der Waals surface area contributed by atoms with E-state index in [2.05, 4.69) is 39.8 Å². The first-order valence-electron chi connectivity index (χ1n) is 10.4. The van der Waals surface area contributed by atoms with Gasteiger partial charge in [0.1, 0.15) is 5.76 Å². The Labute approximate surface area is 181 Å². The summed E-state index contributed by atoms with van der Waals surface area (Å²) in [6, 6.07) is 19.8. The number of benzene rings is 2. The van der Waals surface area contributed by atoms with E-state index < -0.39 is 0 Å². The molecule has 0 saturated carbocycles. The van der Waals surface area contributed by atoms with E-state index in [1.54, 1.807) is 24.5 Å². The van der Waals surface area contributed by atoms with E-state index in [-0.39, 0.29) is 24.8 Å².